The summed E-state index contributed by atoms with van der Waals surface area (Å²) in [6, 6.07) is 5.81. The van der Waals surface area contributed by atoms with Crippen molar-refractivity contribution in [2.45, 2.75) is 11.8 Å². The van der Waals surface area contributed by atoms with Crippen LogP contribution < -0.4 is 9.64 Å². The number of carbonyl (C=O) groups is 1. The molecule has 1 heterocycles. The summed E-state index contributed by atoms with van der Waals surface area (Å²) in [5, 5.41) is 7.65. The van der Waals surface area contributed by atoms with Crippen LogP contribution in [0.25, 0.3) is 0 Å². The minimum absolute atomic E-state index is 0. The van der Waals surface area contributed by atoms with E-state index in [1.165, 1.54) is 0 Å². The Labute approximate surface area is 141 Å². The van der Waals surface area contributed by atoms with E-state index in [4.69, 9.17) is 10.1 Å². The smallest absolute Gasteiger partial charge is 0.228 e. The van der Waals surface area contributed by atoms with Crippen LogP contribution in [0.3, 0.4) is 0 Å². The molecule has 0 unspecified atom stereocenters. The lowest BCUT2D eigenvalue weighted by Gasteiger charge is -2.39. The summed E-state index contributed by atoms with van der Waals surface area (Å²) in [5.41, 5.74) is 1.84. The van der Waals surface area contributed by atoms with Crippen LogP contribution in [0.15, 0.2) is 42.5 Å². The first kappa shape index (κ1) is 15.8. The summed E-state index contributed by atoms with van der Waals surface area (Å²) >= 11 is 0. The maximum atomic E-state index is 12.3. The number of hydrogen-bond acceptors (Lipinski definition) is 3. The van der Waals surface area contributed by atoms with Gasteiger partial charge in [0.2, 0.25) is 5.91 Å². The number of halogens is 1. The number of nitrogens with one attached hydrogen (secondary N) is 1. The maximum absolute atomic E-state index is 12.3. The maximum Gasteiger partial charge on any atom is 0.228 e. The van der Waals surface area contributed by atoms with Crippen molar-refractivity contribution in [1.29, 1.82) is 5.41 Å². The van der Waals surface area contributed by atoms with Gasteiger partial charge in [-0.3, -0.25) is 4.79 Å². The number of para-hydroxylation sites is 1. The molecule has 1 aromatic rings. The minimum atomic E-state index is -0.460. The standard InChI is InChI=1S/C16H16N2O2.HI/c1-18-14(19)10-16(8-6-11(17)7-9-16)12-4-3-5-13(20-2)15(12)18;/h3-9,17H,10H2,1-2H3;1H. The van der Waals surface area contributed by atoms with Crippen LogP contribution in [0, 0.1) is 5.41 Å². The Morgan fingerprint density at radius 1 is 1.29 bits per heavy atom. The fourth-order valence-corrected chi connectivity index (χ4v) is 2.88. The second-order valence-corrected chi connectivity index (χ2v) is 5.15. The Morgan fingerprint density at radius 3 is 2.57 bits per heavy atom. The van der Waals surface area contributed by atoms with Gasteiger partial charge < -0.3 is 15.0 Å². The molecule has 5 heteroatoms. The van der Waals surface area contributed by atoms with Crippen molar-refractivity contribution in [1.82, 2.24) is 0 Å². The fraction of sp³-hybridized carbons (Fsp3) is 0.250. The Hall–Kier alpha value is -1.63. The van der Waals surface area contributed by atoms with Crippen LogP contribution >= 0.6 is 24.0 Å². The Morgan fingerprint density at radius 2 is 1.95 bits per heavy atom. The average molecular weight is 396 g/mol. The van der Waals surface area contributed by atoms with E-state index in [-0.39, 0.29) is 29.9 Å². The number of rotatable bonds is 1. The average Bonchev–Trinajstić information content (AvgIpc) is 2.47. The second kappa shape index (κ2) is 5.63. The number of amides is 1. The third-order valence-electron chi connectivity index (χ3n) is 3.99. The van der Waals surface area contributed by atoms with E-state index >= 15 is 0 Å². The lowest BCUT2D eigenvalue weighted by atomic mass is 9.71. The van der Waals surface area contributed by atoms with Gasteiger partial charge in [-0.2, -0.15) is 0 Å². The van der Waals surface area contributed by atoms with Gasteiger partial charge in [0, 0.05) is 18.9 Å². The molecule has 0 aromatic heterocycles. The molecule has 0 fully saturated rings. The summed E-state index contributed by atoms with van der Waals surface area (Å²) in [6.45, 7) is 0. The van der Waals surface area contributed by atoms with Crippen molar-refractivity contribution >= 4 is 41.3 Å². The molecule has 0 radical (unpaired) electrons. The fourth-order valence-electron chi connectivity index (χ4n) is 2.88. The molecule has 0 atom stereocenters. The van der Waals surface area contributed by atoms with Gasteiger partial charge in [-0.05, 0) is 23.8 Å². The van der Waals surface area contributed by atoms with Crippen molar-refractivity contribution in [3.63, 3.8) is 0 Å². The third-order valence-corrected chi connectivity index (χ3v) is 3.99. The van der Waals surface area contributed by atoms with Gasteiger partial charge in [-0.25, -0.2) is 0 Å². The van der Waals surface area contributed by atoms with E-state index in [2.05, 4.69) is 0 Å². The molecular weight excluding hydrogens is 379 g/mol. The van der Waals surface area contributed by atoms with Crippen LogP contribution in [0.4, 0.5) is 5.69 Å². The van der Waals surface area contributed by atoms with Gasteiger partial charge in [0.25, 0.3) is 0 Å². The quantitative estimate of drug-likeness (QED) is 0.742. The molecule has 4 nitrogen and oxygen atoms in total. The first-order valence-electron chi connectivity index (χ1n) is 6.48. The molecule has 0 saturated heterocycles. The highest BCUT2D eigenvalue weighted by molar-refractivity contribution is 14.0. The van der Waals surface area contributed by atoms with Crippen LogP contribution in [0.5, 0.6) is 5.75 Å². The first-order chi connectivity index (χ1) is 9.57. The molecule has 1 N–H and O–H groups in total. The Kier molecular flexibility index (Phi) is 4.22. The van der Waals surface area contributed by atoms with E-state index < -0.39 is 5.41 Å². The predicted molar refractivity (Wildman–Crippen MR) is 94.1 cm³/mol. The number of anilines is 1. The van der Waals surface area contributed by atoms with E-state index in [9.17, 15) is 4.79 Å². The monoisotopic (exact) mass is 396 g/mol. The highest BCUT2D eigenvalue weighted by Crippen LogP contribution is 2.47. The SMILES string of the molecule is COc1cccc2c1N(C)C(=O)CC21C=CC(=N)C=C1.I. The number of fused-ring (bicyclic) bond motifs is 2. The van der Waals surface area contributed by atoms with Gasteiger partial charge in [0.05, 0.1) is 18.5 Å². The van der Waals surface area contributed by atoms with Gasteiger partial charge >= 0.3 is 0 Å². The van der Waals surface area contributed by atoms with Crippen LogP contribution in [-0.2, 0) is 10.2 Å². The van der Waals surface area contributed by atoms with Gasteiger partial charge in [-0.15, -0.1) is 24.0 Å². The lowest BCUT2D eigenvalue weighted by Crippen LogP contribution is -2.41. The van der Waals surface area contributed by atoms with Crippen molar-refractivity contribution in [3.8, 4) is 5.75 Å². The highest BCUT2D eigenvalue weighted by Gasteiger charge is 2.41. The zero-order valence-corrected chi connectivity index (χ0v) is 14.3. The predicted octanol–water partition coefficient (Wildman–Crippen LogP) is 3.06. The van der Waals surface area contributed by atoms with Crippen molar-refractivity contribution in [2.24, 2.45) is 0 Å². The Bertz CT molecular complexity index is 648. The second-order valence-electron chi connectivity index (χ2n) is 5.15. The zero-order valence-electron chi connectivity index (χ0n) is 11.9. The number of ether oxygens (including phenoxy) is 1. The summed E-state index contributed by atoms with van der Waals surface area (Å²) < 4.78 is 5.40. The van der Waals surface area contributed by atoms with Crippen molar-refractivity contribution in [2.75, 3.05) is 19.1 Å². The summed E-state index contributed by atoms with van der Waals surface area (Å²) in [7, 11) is 3.38. The van der Waals surface area contributed by atoms with E-state index in [1.54, 1.807) is 31.2 Å². The van der Waals surface area contributed by atoms with E-state index in [0.717, 1.165) is 11.3 Å². The summed E-state index contributed by atoms with van der Waals surface area (Å²) in [4.78, 5) is 14.0. The molecule has 1 aliphatic heterocycles. The molecule has 21 heavy (non-hydrogen) atoms. The summed E-state index contributed by atoms with van der Waals surface area (Å²) in [5.74, 6) is 0.740. The van der Waals surface area contributed by atoms with E-state index in [1.807, 2.05) is 30.4 Å². The molecule has 1 aliphatic carbocycles. The molecule has 1 aromatic carbocycles. The normalized spacial score (nSPS) is 23.0. The van der Waals surface area contributed by atoms with Gasteiger partial charge in [0.1, 0.15) is 5.75 Å². The van der Waals surface area contributed by atoms with Crippen molar-refractivity contribution in [3.05, 3.63) is 48.1 Å². The van der Waals surface area contributed by atoms with Gasteiger partial charge in [-0.1, -0.05) is 24.3 Å². The topological polar surface area (TPSA) is 53.4 Å². The molecule has 2 aliphatic rings. The molecule has 1 spiro atoms. The highest BCUT2D eigenvalue weighted by atomic mass is 127. The minimum Gasteiger partial charge on any atom is -0.495 e. The lowest BCUT2D eigenvalue weighted by molar-refractivity contribution is -0.119. The molecule has 3 rings (SSSR count). The first-order valence-corrected chi connectivity index (χ1v) is 6.48. The third kappa shape index (κ3) is 2.39. The largest absolute Gasteiger partial charge is 0.495 e. The van der Waals surface area contributed by atoms with Crippen molar-refractivity contribution < 1.29 is 9.53 Å². The number of carbonyl (C=O) groups excluding carboxylic acids is 1. The number of allylic oxidation sites excluding steroid dienone is 4. The molecule has 0 bridgehead atoms. The number of methoxy groups -OCH3 is 1. The molecular formula is C16H17IN2O2. The molecule has 0 saturated carbocycles. The number of nitrogens with zero attached hydrogens (tertiary/aromatic N) is 1. The van der Waals surface area contributed by atoms with Gasteiger partial charge in [0.15, 0.2) is 0 Å². The van der Waals surface area contributed by atoms with E-state index in [0.29, 0.717) is 17.9 Å². The molecule has 110 valence electrons. The molecule has 1 amide bonds. The number of hydrogen-bond donors (Lipinski definition) is 1. The van der Waals surface area contributed by atoms with Crippen LogP contribution in [0.2, 0.25) is 0 Å². The summed E-state index contributed by atoms with van der Waals surface area (Å²) in [6.07, 6.45) is 7.77. The van der Waals surface area contributed by atoms with Crippen LogP contribution in [-0.4, -0.2) is 25.8 Å². The Balaban J connectivity index is 0.00000161. The van der Waals surface area contributed by atoms with Crippen LogP contribution in [0.1, 0.15) is 12.0 Å². The number of benzene rings is 1. The zero-order chi connectivity index (χ0) is 14.3.